The average Bonchev–Trinajstić information content (AvgIpc) is 2.63. The molecule has 0 aliphatic heterocycles. The summed E-state index contributed by atoms with van der Waals surface area (Å²) in [5, 5.41) is 0. The van der Waals surface area contributed by atoms with E-state index in [2.05, 4.69) is 30.1 Å². The molecule has 0 atom stereocenters. The van der Waals surface area contributed by atoms with Gasteiger partial charge >= 0.3 is 0 Å². The molecule has 1 saturated carbocycles. The molecule has 0 spiro atoms. The monoisotopic (exact) mass is 323 g/mol. The molecule has 24 heavy (non-hydrogen) atoms. The Morgan fingerprint density at radius 1 is 1.04 bits per heavy atom. The average molecular weight is 323 g/mol. The van der Waals surface area contributed by atoms with Crippen LogP contribution in [0.3, 0.4) is 0 Å². The molecular formula is C22H26FN. The van der Waals surface area contributed by atoms with Crippen molar-refractivity contribution in [1.29, 1.82) is 0 Å². The molecule has 1 aliphatic carbocycles. The quantitative estimate of drug-likeness (QED) is 0.597. The van der Waals surface area contributed by atoms with Crippen LogP contribution < -0.4 is 0 Å². The van der Waals surface area contributed by atoms with E-state index in [1.165, 1.54) is 49.8 Å². The van der Waals surface area contributed by atoms with Crippen molar-refractivity contribution in [2.45, 2.75) is 45.4 Å². The topological polar surface area (TPSA) is 12.9 Å². The van der Waals surface area contributed by atoms with Crippen LogP contribution in [-0.4, -0.2) is 4.98 Å². The zero-order valence-electron chi connectivity index (χ0n) is 14.4. The van der Waals surface area contributed by atoms with E-state index in [0.717, 1.165) is 29.5 Å². The van der Waals surface area contributed by atoms with Crippen LogP contribution in [0.25, 0.3) is 11.3 Å². The molecule has 0 bridgehead atoms. The maximum absolute atomic E-state index is 13.0. The van der Waals surface area contributed by atoms with E-state index in [4.69, 9.17) is 0 Å². The van der Waals surface area contributed by atoms with Gasteiger partial charge in [-0.05, 0) is 93.2 Å². The number of rotatable bonds is 5. The lowest BCUT2D eigenvalue weighted by Gasteiger charge is -2.26. The van der Waals surface area contributed by atoms with Crippen molar-refractivity contribution in [1.82, 2.24) is 4.98 Å². The third-order valence-electron chi connectivity index (χ3n) is 5.16. The van der Waals surface area contributed by atoms with Gasteiger partial charge in [0.05, 0.1) is 5.69 Å². The van der Waals surface area contributed by atoms with E-state index in [-0.39, 0.29) is 5.82 Å². The van der Waals surface area contributed by atoms with Crippen LogP contribution in [0, 0.1) is 17.7 Å². The lowest BCUT2D eigenvalue weighted by atomic mass is 9.79. The number of aryl methyl sites for hydroxylation is 1. The molecule has 0 N–H and O–H groups in total. The fraction of sp³-hybridized carbons (Fsp3) is 0.409. The predicted octanol–water partition coefficient (Wildman–Crippen LogP) is 6.20. The van der Waals surface area contributed by atoms with Crippen molar-refractivity contribution >= 4 is 0 Å². The Kier molecular flexibility index (Phi) is 5.79. The second kappa shape index (κ2) is 8.23. The molecule has 1 aliphatic rings. The summed E-state index contributed by atoms with van der Waals surface area (Å²) in [6.07, 6.45) is 14.3. The van der Waals surface area contributed by atoms with Crippen LogP contribution in [0.15, 0.2) is 54.7 Å². The molecule has 2 heteroatoms. The van der Waals surface area contributed by atoms with Crippen molar-refractivity contribution in [2.75, 3.05) is 0 Å². The predicted molar refractivity (Wildman–Crippen MR) is 98.2 cm³/mol. The maximum atomic E-state index is 13.0. The van der Waals surface area contributed by atoms with Crippen molar-refractivity contribution in [2.24, 2.45) is 11.8 Å². The second-order valence-electron chi connectivity index (χ2n) is 6.90. The molecule has 2 aromatic rings. The van der Waals surface area contributed by atoms with Crippen LogP contribution in [0.4, 0.5) is 4.39 Å². The third-order valence-corrected chi connectivity index (χ3v) is 5.16. The van der Waals surface area contributed by atoms with Crippen LogP contribution in [0.1, 0.15) is 44.6 Å². The van der Waals surface area contributed by atoms with Gasteiger partial charge in [0.25, 0.3) is 0 Å². The summed E-state index contributed by atoms with van der Waals surface area (Å²) in [6.45, 7) is 2.12. The molecule has 1 aromatic carbocycles. The standard InChI is InChI=1S/C22H26FN/c1-2-3-17-4-6-18(7-5-17)8-9-19-10-15-22(24-16-19)20-11-13-21(23)14-12-20/h2-3,10-18H,4-9H2,1H3. The minimum absolute atomic E-state index is 0.209. The Morgan fingerprint density at radius 3 is 2.42 bits per heavy atom. The molecule has 1 nitrogen and oxygen atoms in total. The highest BCUT2D eigenvalue weighted by atomic mass is 19.1. The van der Waals surface area contributed by atoms with Gasteiger partial charge < -0.3 is 0 Å². The van der Waals surface area contributed by atoms with Gasteiger partial charge in [-0.25, -0.2) is 4.39 Å². The smallest absolute Gasteiger partial charge is 0.123 e. The first-order valence-corrected chi connectivity index (χ1v) is 9.08. The number of allylic oxidation sites excluding steroid dienone is 2. The maximum Gasteiger partial charge on any atom is 0.123 e. The first-order valence-electron chi connectivity index (χ1n) is 9.08. The normalized spacial score (nSPS) is 21.2. The number of aromatic nitrogens is 1. The second-order valence-corrected chi connectivity index (χ2v) is 6.90. The number of benzene rings is 1. The highest BCUT2D eigenvalue weighted by molar-refractivity contribution is 5.58. The Morgan fingerprint density at radius 2 is 1.79 bits per heavy atom. The number of halogens is 1. The zero-order valence-corrected chi connectivity index (χ0v) is 14.4. The molecule has 0 radical (unpaired) electrons. The van der Waals surface area contributed by atoms with E-state index < -0.39 is 0 Å². The molecule has 126 valence electrons. The first kappa shape index (κ1) is 16.9. The summed E-state index contributed by atoms with van der Waals surface area (Å²) in [4.78, 5) is 4.55. The van der Waals surface area contributed by atoms with Crippen molar-refractivity contribution < 1.29 is 4.39 Å². The third kappa shape index (κ3) is 4.53. The first-order chi connectivity index (χ1) is 11.7. The zero-order chi connectivity index (χ0) is 16.8. The van der Waals surface area contributed by atoms with Crippen molar-refractivity contribution in [3.05, 3.63) is 66.1 Å². The van der Waals surface area contributed by atoms with E-state index in [1.54, 1.807) is 12.1 Å². The fourth-order valence-electron chi connectivity index (χ4n) is 3.68. The van der Waals surface area contributed by atoms with Gasteiger partial charge in [0, 0.05) is 11.8 Å². The molecule has 0 amide bonds. The Bertz CT molecular complexity index is 649. The minimum Gasteiger partial charge on any atom is -0.256 e. The summed E-state index contributed by atoms with van der Waals surface area (Å²) < 4.78 is 13.0. The van der Waals surface area contributed by atoms with Crippen molar-refractivity contribution in [3.8, 4) is 11.3 Å². The van der Waals surface area contributed by atoms with Gasteiger partial charge in [-0.2, -0.15) is 0 Å². The number of nitrogens with zero attached hydrogens (tertiary/aromatic N) is 1. The Balaban J connectivity index is 1.51. The largest absolute Gasteiger partial charge is 0.256 e. The highest BCUT2D eigenvalue weighted by Crippen LogP contribution is 2.32. The fourth-order valence-corrected chi connectivity index (χ4v) is 3.68. The molecular weight excluding hydrogens is 297 g/mol. The Hall–Kier alpha value is -1.96. The molecule has 1 aromatic heterocycles. The van der Waals surface area contributed by atoms with Gasteiger partial charge in [0.1, 0.15) is 5.82 Å². The van der Waals surface area contributed by atoms with Gasteiger partial charge in [-0.15, -0.1) is 0 Å². The summed E-state index contributed by atoms with van der Waals surface area (Å²) in [5.74, 6) is 1.46. The van der Waals surface area contributed by atoms with Gasteiger partial charge in [0.15, 0.2) is 0 Å². The van der Waals surface area contributed by atoms with Crippen LogP contribution in [0.2, 0.25) is 0 Å². The highest BCUT2D eigenvalue weighted by Gasteiger charge is 2.19. The van der Waals surface area contributed by atoms with E-state index >= 15 is 0 Å². The van der Waals surface area contributed by atoms with Gasteiger partial charge in [0.2, 0.25) is 0 Å². The van der Waals surface area contributed by atoms with Crippen LogP contribution >= 0.6 is 0 Å². The lowest BCUT2D eigenvalue weighted by molar-refractivity contribution is 0.296. The minimum atomic E-state index is -0.209. The van der Waals surface area contributed by atoms with Crippen LogP contribution in [0.5, 0.6) is 0 Å². The summed E-state index contributed by atoms with van der Waals surface area (Å²) in [5.41, 5.74) is 3.17. The molecule has 3 rings (SSSR count). The van der Waals surface area contributed by atoms with E-state index in [1.807, 2.05) is 12.3 Å². The van der Waals surface area contributed by atoms with E-state index in [0.29, 0.717) is 0 Å². The number of hydrogen-bond acceptors (Lipinski definition) is 1. The van der Waals surface area contributed by atoms with Gasteiger partial charge in [-0.3, -0.25) is 4.98 Å². The summed E-state index contributed by atoms with van der Waals surface area (Å²) in [7, 11) is 0. The lowest BCUT2D eigenvalue weighted by Crippen LogP contribution is -2.13. The molecule has 0 saturated heterocycles. The van der Waals surface area contributed by atoms with Gasteiger partial charge in [-0.1, -0.05) is 18.2 Å². The summed E-state index contributed by atoms with van der Waals surface area (Å²) >= 11 is 0. The Labute approximate surface area is 144 Å². The van der Waals surface area contributed by atoms with Crippen LogP contribution in [-0.2, 0) is 6.42 Å². The van der Waals surface area contributed by atoms with E-state index in [9.17, 15) is 4.39 Å². The number of hydrogen-bond donors (Lipinski definition) is 0. The number of pyridine rings is 1. The van der Waals surface area contributed by atoms with Crippen molar-refractivity contribution in [3.63, 3.8) is 0 Å². The SMILES string of the molecule is CC=CC1CCC(CCc2ccc(-c3ccc(F)cc3)nc2)CC1. The molecule has 0 unspecified atom stereocenters. The molecule has 1 fully saturated rings. The summed E-state index contributed by atoms with van der Waals surface area (Å²) in [6, 6.07) is 10.7. The molecule has 1 heterocycles.